The zero-order valence-electron chi connectivity index (χ0n) is 16.9. The standard InChI is InChI=1S/C19H31N3O5S/c1-4-18(19(23)20-10-5-11-22-12-14-26-15-13-22)27-17-8-6-16(7-9-17)21(2)28(3,24)25/h6-9,18H,4-5,10-15H2,1-3H3,(H,20,23). The zero-order chi connectivity index (χ0) is 20.6. The molecule has 1 aromatic rings. The maximum absolute atomic E-state index is 12.4. The lowest BCUT2D eigenvalue weighted by Crippen LogP contribution is -2.41. The molecule has 0 aliphatic carbocycles. The van der Waals surface area contributed by atoms with E-state index in [2.05, 4.69) is 10.2 Å². The summed E-state index contributed by atoms with van der Waals surface area (Å²) in [6, 6.07) is 6.66. The van der Waals surface area contributed by atoms with Crippen molar-refractivity contribution < 1.29 is 22.7 Å². The summed E-state index contributed by atoms with van der Waals surface area (Å²) in [4.78, 5) is 14.7. The molecule has 9 heteroatoms. The number of nitrogens with zero attached hydrogens (tertiary/aromatic N) is 2. The third-order valence-corrected chi connectivity index (χ3v) is 5.90. The first-order chi connectivity index (χ1) is 13.3. The summed E-state index contributed by atoms with van der Waals surface area (Å²) in [5.41, 5.74) is 0.537. The molecule has 1 amide bonds. The van der Waals surface area contributed by atoms with Crippen LogP contribution in [0.15, 0.2) is 24.3 Å². The Balaban J connectivity index is 1.79. The Labute approximate surface area is 167 Å². The van der Waals surface area contributed by atoms with E-state index in [4.69, 9.17) is 9.47 Å². The molecule has 1 N–H and O–H groups in total. The molecule has 1 fully saturated rings. The van der Waals surface area contributed by atoms with Crippen LogP contribution in [0.3, 0.4) is 0 Å². The number of hydrogen-bond donors (Lipinski definition) is 1. The predicted molar refractivity (Wildman–Crippen MR) is 109 cm³/mol. The number of anilines is 1. The molecule has 0 radical (unpaired) electrons. The van der Waals surface area contributed by atoms with Gasteiger partial charge < -0.3 is 14.8 Å². The van der Waals surface area contributed by atoms with Crippen LogP contribution in [0.2, 0.25) is 0 Å². The fourth-order valence-electron chi connectivity index (χ4n) is 2.87. The number of carbonyl (C=O) groups is 1. The number of benzene rings is 1. The predicted octanol–water partition coefficient (Wildman–Crippen LogP) is 1.08. The minimum atomic E-state index is -3.31. The monoisotopic (exact) mass is 413 g/mol. The van der Waals surface area contributed by atoms with E-state index in [1.54, 1.807) is 24.3 Å². The molecule has 1 heterocycles. The second kappa shape index (κ2) is 10.6. The van der Waals surface area contributed by atoms with Crippen LogP contribution >= 0.6 is 0 Å². The number of carbonyl (C=O) groups excluding carboxylic acids is 1. The molecule has 1 saturated heterocycles. The molecule has 0 bridgehead atoms. The lowest BCUT2D eigenvalue weighted by molar-refractivity contribution is -0.128. The number of nitrogens with one attached hydrogen (secondary N) is 1. The number of ether oxygens (including phenoxy) is 2. The summed E-state index contributed by atoms with van der Waals surface area (Å²) in [6.45, 7) is 6.88. The Bertz CT molecular complexity index is 718. The van der Waals surface area contributed by atoms with E-state index in [-0.39, 0.29) is 5.91 Å². The Morgan fingerprint density at radius 2 is 1.93 bits per heavy atom. The minimum absolute atomic E-state index is 0.137. The van der Waals surface area contributed by atoms with E-state index in [9.17, 15) is 13.2 Å². The van der Waals surface area contributed by atoms with Crippen LogP contribution in [0, 0.1) is 0 Å². The average molecular weight is 414 g/mol. The van der Waals surface area contributed by atoms with E-state index in [1.807, 2.05) is 6.92 Å². The van der Waals surface area contributed by atoms with E-state index < -0.39 is 16.1 Å². The maximum Gasteiger partial charge on any atom is 0.261 e. The first-order valence-corrected chi connectivity index (χ1v) is 11.4. The van der Waals surface area contributed by atoms with E-state index in [1.165, 1.54) is 11.4 Å². The highest BCUT2D eigenvalue weighted by molar-refractivity contribution is 7.92. The molecular formula is C19H31N3O5S. The highest BCUT2D eigenvalue weighted by Crippen LogP contribution is 2.21. The summed E-state index contributed by atoms with van der Waals surface area (Å²) in [5.74, 6) is 0.391. The third-order valence-electron chi connectivity index (χ3n) is 4.69. The van der Waals surface area contributed by atoms with Crippen LogP contribution in [-0.4, -0.2) is 78.0 Å². The van der Waals surface area contributed by atoms with Gasteiger partial charge in [0.15, 0.2) is 6.10 Å². The topological polar surface area (TPSA) is 88.2 Å². The van der Waals surface area contributed by atoms with Crippen molar-refractivity contribution in [1.29, 1.82) is 0 Å². The Kier molecular flexibility index (Phi) is 8.53. The van der Waals surface area contributed by atoms with Crippen molar-refractivity contribution in [1.82, 2.24) is 10.2 Å². The van der Waals surface area contributed by atoms with Crippen molar-refractivity contribution in [2.75, 3.05) is 57.0 Å². The van der Waals surface area contributed by atoms with Crippen molar-refractivity contribution in [3.05, 3.63) is 24.3 Å². The smallest absolute Gasteiger partial charge is 0.261 e. The second-order valence-corrected chi connectivity index (χ2v) is 8.85. The van der Waals surface area contributed by atoms with Crippen molar-refractivity contribution >= 4 is 21.6 Å². The highest BCUT2D eigenvalue weighted by atomic mass is 32.2. The van der Waals surface area contributed by atoms with Gasteiger partial charge in [-0.05, 0) is 43.7 Å². The summed E-state index contributed by atoms with van der Waals surface area (Å²) in [6.07, 6.45) is 1.99. The van der Waals surface area contributed by atoms with Gasteiger partial charge in [0.25, 0.3) is 5.91 Å². The zero-order valence-corrected chi connectivity index (χ0v) is 17.7. The van der Waals surface area contributed by atoms with Crippen molar-refractivity contribution in [3.8, 4) is 5.75 Å². The lowest BCUT2D eigenvalue weighted by atomic mass is 10.2. The van der Waals surface area contributed by atoms with Crippen molar-refractivity contribution in [2.45, 2.75) is 25.9 Å². The van der Waals surface area contributed by atoms with Gasteiger partial charge in [-0.15, -0.1) is 0 Å². The molecule has 1 aliphatic rings. The van der Waals surface area contributed by atoms with Crippen LogP contribution in [0.1, 0.15) is 19.8 Å². The summed E-state index contributed by atoms with van der Waals surface area (Å²) in [7, 11) is -1.82. The van der Waals surface area contributed by atoms with Gasteiger partial charge in [0.05, 0.1) is 25.2 Å². The van der Waals surface area contributed by atoms with E-state index >= 15 is 0 Å². The van der Waals surface area contributed by atoms with Gasteiger partial charge in [-0.25, -0.2) is 8.42 Å². The molecule has 0 saturated carbocycles. The molecular weight excluding hydrogens is 382 g/mol. The second-order valence-electron chi connectivity index (χ2n) is 6.84. The van der Waals surface area contributed by atoms with Crippen LogP contribution in [0.4, 0.5) is 5.69 Å². The van der Waals surface area contributed by atoms with Gasteiger partial charge in [-0.2, -0.15) is 0 Å². The summed E-state index contributed by atoms with van der Waals surface area (Å²) < 4.78 is 35.5. The maximum atomic E-state index is 12.4. The Hall–Kier alpha value is -1.84. The average Bonchev–Trinajstić information content (AvgIpc) is 2.69. The summed E-state index contributed by atoms with van der Waals surface area (Å²) >= 11 is 0. The largest absolute Gasteiger partial charge is 0.481 e. The van der Waals surface area contributed by atoms with Crippen LogP contribution in [-0.2, 0) is 19.6 Å². The first-order valence-electron chi connectivity index (χ1n) is 9.59. The molecule has 1 aliphatic heterocycles. The van der Waals surface area contributed by atoms with E-state index in [0.29, 0.717) is 24.4 Å². The fraction of sp³-hybridized carbons (Fsp3) is 0.632. The third kappa shape index (κ3) is 6.96. The molecule has 2 rings (SSSR count). The Morgan fingerprint density at radius 3 is 2.50 bits per heavy atom. The van der Waals surface area contributed by atoms with Gasteiger partial charge in [-0.3, -0.25) is 14.0 Å². The summed E-state index contributed by atoms with van der Waals surface area (Å²) in [5, 5.41) is 2.93. The van der Waals surface area contributed by atoms with Gasteiger partial charge in [0, 0.05) is 26.7 Å². The minimum Gasteiger partial charge on any atom is -0.481 e. The van der Waals surface area contributed by atoms with Crippen LogP contribution in [0.25, 0.3) is 0 Å². The lowest BCUT2D eigenvalue weighted by Gasteiger charge is -2.26. The molecule has 8 nitrogen and oxygen atoms in total. The first kappa shape index (κ1) is 22.4. The van der Waals surface area contributed by atoms with Crippen molar-refractivity contribution in [3.63, 3.8) is 0 Å². The molecule has 1 atom stereocenters. The molecule has 1 unspecified atom stereocenters. The van der Waals surface area contributed by atoms with Crippen LogP contribution in [0.5, 0.6) is 5.75 Å². The molecule has 158 valence electrons. The number of sulfonamides is 1. The number of amides is 1. The molecule has 1 aromatic carbocycles. The number of hydrogen-bond acceptors (Lipinski definition) is 6. The number of rotatable bonds is 10. The Morgan fingerprint density at radius 1 is 1.29 bits per heavy atom. The molecule has 28 heavy (non-hydrogen) atoms. The van der Waals surface area contributed by atoms with Crippen molar-refractivity contribution in [2.24, 2.45) is 0 Å². The van der Waals surface area contributed by atoms with Gasteiger partial charge in [-0.1, -0.05) is 6.92 Å². The fourth-order valence-corrected chi connectivity index (χ4v) is 3.37. The van der Waals surface area contributed by atoms with Gasteiger partial charge in [0.1, 0.15) is 5.75 Å². The molecule has 0 aromatic heterocycles. The highest BCUT2D eigenvalue weighted by Gasteiger charge is 2.19. The van der Waals surface area contributed by atoms with Crippen LogP contribution < -0.4 is 14.4 Å². The number of morpholine rings is 1. The quantitative estimate of drug-likeness (QED) is 0.578. The normalized spacial score (nSPS) is 16.4. The SMILES string of the molecule is CCC(Oc1ccc(N(C)S(C)(=O)=O)cc1)C(=O)NCCCN1CCOCC1. The molecule has 0 spiro atoms. The van der Waals surface area contributed by atoms with E-state index in [0.717, 1.165) is 45.5 Å². The van der Waals surface area contributed by atoms with Gasteiger partial charge in [0.2, 0.25) is 10.0 Å². The van der Waals surface area contributed by atoms with Gasteiger partial charge >= 0.3 is 0 Å².